The van der Waals surface area contributed by atoms with Gasteiger partial charge in [0.05, 0.1) is 35.6 Å². The van der Waals surface area contributed by atoms with Gasteiger partial charge in [0, 0.05) is 35.1 Å². The van der Waals surface area contributed by atoms with E-state index in [-0.39, 0.29) is 18.2 Å². The van der Waals surface area contributed by atoms with Crippen LogP contribution in [0.15, 0.2) is 41.3 Å². The molecule has 0 saturated heterocycles. The molecule has 0 unspecified atom stereocenters. The number of fused-ring (bicyclic) bond motifs is 1. The van der Waals surface area contributed by atoms with E-state index in [1.165, 1.54) is 0 Å². The van der Waals surface area contributed by atoms with Crippen LogP contribution in [0.25, 0.3) is 38.0 Å². The predicted molar refractivity (Wildman–Crippen MR) is 123 cm³/mol. The highest BCUT2D eigenvalue weighted by molar-refractivity contribution is 6.34. The fraction of sp³-hybridized carbons (Fsp3) is 0.217. The molecular formula is C23H19ClN6O2. The summed E-state index contributed by atoms with van der Waals surface area (Å²) in [5.41, 5.74) is 9.34. The summed E-state index contributed by atoms with van der Waals surface area (Å²) in [6.45, 7) is 8.00. The fourth-order valence-electron chi connectivity index (χ4n) is 3.83. The SMILES string of the molecule is [C-]#[N+]c1c(OC2CC2)ccc(Cl)c1-c1c(-c2ccc3c(=O)[nH]nc(CN)c3c2)cnn1C. The number of H-pyrrole nitrogens is 1. The molecule has 1 fully saturated rings. The summed E-state index contributed by atoms with van der Waals surface area (Å²) in [6.07, 6.45) is 3.84. The molecule has 2 heterocycles. The van der Waals surface area contributed by atoms with Crippen molar-refractivity contribution in [1.82, 2.24) is 20.0 Å². The molecule has 0 radical (unpaired) electrons. The molecule has 0 amide bonds. The second-order valence-electron chi connectivity index (χ2n) is 7.69. The molecule has 5 rings (SSSR count). The Morgan fingerprint density at radius 1 is 1.31 bits per heavy atom. The number of nitrogens with two attached hydrogens (primary N) is 1. The second kappa shape index (κ2) is 7.79. The first-order valence-corrected chi connectivity index (χ1v) is 10.5. The lowest BCUT2D eigenvalue weighted by molar-refractivity contribution is 0.305. The summed E-state index contributed by atoms with van der Waals surface area (Å²) in [6, 6.07) is 8.95. The van der Waals surface area contributed by atoms with Crippen LogP contribution < -0.4 is 16.0 Å². The Balaban J connectivity index is 1.74. The van der Waals surface area contributed by atoms with E-state index in [0.29, 0.717) is 44.2 Å². The quantitative estimate of drug-likeness (QED) is 0.447. The summed E-state index contributed by atoms with van der Waals surface area (Å²) in [5.74, 6) is 0.522. The molecule has 3 N–H and O–H groups in total. The topological polar surface area (TPSA) is 103 Å². The smallest absolute Gasteiger partial charge is 0.272 e. The molecule has 2 aromatic carbocycles. The zero-order valence-electron chi connectivity index (χ0n) is 17.2. The molecule has 9 heteroatoms. The number of benzene rings is 2. The molecule has 32 heavy (non-hydrogen) atoms. The minimum Gasteiger partial charge on any atom is -0.501 e. The van der Waals surface area contributed by atoms with E-state index in [0.717, 1.165) is 24.0 Å². The van der Waals surface area contributed by atoms with Crippen LogP contribution in [0.1, 0.15) is 18.5 Å². The van der Waals surface area contributed by atoms with Gasteiger partial charge in [0.15, 0.2) is 0 Å². The number of hydrogen-bond donors (Lipinski definition) is 2. The van der Waals surface area contributed by atoms with Crippen LogP contribution in [0.2, 0.25) is 5.02 Å². The zero-order valence-corrected chi connectivity index (χ0v) is 18.0. The maximum atomic E-state index is 12.2. The molecule has 0 aliphatic heterocycles. The number of aryl methyl sites for hydroxylation is 1. The molecule has 0 bridgehead atoms. The van der Waals surface area contributed by atoms with Crippen molar-refractivity contribution in [2.45, 2.75) is 25.5 Å². The Kier molecular flexibility index (Phi) is 4.93. The second-order valence-corrected chi connectivity index (χ2v) is 8.10. The predicted octanol–water partition coefficient (Wildman–Crippen LogP) is 4.19. The Morgan fingerprint density at radius 3 is 2.84 bits per heavy atom. The Hall–Kier alpha value is -3.67. The average molecular weight is 447 g/mol. The third-order valence-electron chi connectivity index (χ3n) is 5.57. The van der Waals surface area contributed by atoms with E-state index >= 15 is 0 Å². The average Bonchev–Trinajstić information content (AvgIpc) is 3.54. The number of nitrogens with one attached hydrogen (secondary N) is 1. The van der Waals surface area contributed by atoms with E-state index in [9.17, 15) is 4.79 Å². The lowest BCUT2D eigenvalue weighted by atomic mass is 9.97. The van der Waals surface area contributed by atoms with Gasteiger partial charge in [0.1, 0.15) is 5.75 Å². The van der Waals surface area contributed by atoms with Crippen LogP contribution in [-0.2, 0) is 13.6 Å². The Morgan fingerprint density at radius 2 is 2.12 bits per heavy atom. The van der Waals surface area contributed by atoms with Gasteiger partial charge in [0.2, 0.25) is 5.69 Å². The minimum atomic E-state index is -0.279. The van der Waals surface area contributed by atoms with E-state index < -0.39 is 0 Å². The Labute approximate surface area is 188 Å². The lowest BCUT2D eigenvalue weighted by Gasteiger charge is -2.15. The molecule has 1 aliphatic rings. The van der Waals surface area contributed by atoms with Crippen molar-refractivity contribution in [3.63, 3.8) is 0 Å². The number of rotatable bonds is 5. The van der Waals surface area contributed by atoms with E-state index in [1.54, 1.807) is 36.1 Å². The number of aromatic nitrogens is 4. The third-order valence-corrected chi connectivity index (χ3v) is 5.88. The number of ether oxygens (including phenoxy) is 1. The molecule has 8 nitrogen and oxygen atoms in total. The van der Waals surface area contributed by atoms with E-state index in [2.05, 4.69) is 20.1 Å². The van der Waals surface area contributed by atoms with Crippen molar-refractivity contribution < 1.29 is 4.74 Å². The third kappa shape index (κ3) is 3.32. The van der Waals surface area contributed by atoms with Crippen LogP contribution >= 0.6 is 11.6 Å². The first-order valence-electron chi connectivity index (χ1n) is 10.1. The summed E-state index contributed by atoms with van der Waals surface area (Å²) in [4.78, 5) is 16.0. The molecule has 1 aliphatic carbocycles. The molecule has 4 aromatic rings. The Bertz CT molecular complexity index is 1460. The van der Waals surface area contributed by atoms with Gasteiger partial charge in [-0.05, 0) is 42.7 Å². The number of hydrogen-bond acceptors (Lipinski definition) is 5. The van der Waals surface area contributed by atoms with Crippen molar-refractivity contribution in [3.05, 3.63) is 69.0 Å². The van der Waals surface area contributed by atoms with Gasteiger partial charge in [-0.25, -0.2) is 9.94 Å². The number of nitrogens with zero attached hydrogens (tertiary/aromatic N) is 4. The first-order chi connectivity index (χ1) is 15.5. The maximum Gasteiger partial charge on any atom is 0.272 e. The number of aromatic amines is 1. The van der Waals surface area contributed by atoms with Gasteiger partial charge in [0.25, 0.3) is 5.56 Å². The highest BCUT2D eigenvalue weighted by atomic mass is 35.5. The summed E-state index contributed by atoms with van der Waals surface area (Å²) in [7, 11) is 1.80. The van der Waals surface area contributed by atoms with Crippen LogP contribution in [0.3, 0.4) is 0 Å². The van der Waals surface area contributed by atoms with Gasteiger partial charge >= 0.3 is 0 Å². The van der Waals surface area contributed by atoms with Crippen LogP contribution in [0.4, 0.5) is 5.69 Å². The summed E-state index contributed by atoms with van der Waals surface area (Å²) < 4.78 is 7.66. The molecule has 2 aromatic heterocycles. The summed E-state index contributed by atoms with van der Waals surface area (Å²) in [5, 5.41) is 12.6. The van der Waals surface area contributed by atoms with E-state index in [1.807, 2.05) is 12.1 Å². The van der Waals surface area contributed by atoms with Crippen molar-refractivity contribution in [1.29, 1.82) is 0 Å². The highest BCUT2D eigenvalue weighted by Crippen LogP contribution is 2.47. The monoisotopic (exact) mass is 446 g/mol. The van der Waals surface area contributed by atoms with Gasteiger partial charge in [-0.2, -0.15) is 10.2 Å². The summed E-state index contributed by atoms with van der Waals surface area (Å²) >= 11 is 6.61. The normalized spacial score (nSPS) is 13.3. The fourth-order valence-corrected chi connectivity index (χ4v) is 4.07. The molecule has 0 atom stereocenters. The van der Waals surface area contributed by atoms with Gasteiger partial charge < -0.3 is 10.5 Å². The molecule has 1 saturated carbocycles. The zero-order chi connectivity index (χ0) is 22.4. The van der Waals surface area contributed by atoms with Crippen molar-refractivity contribution >= 4 is 28.1 Å². The first kappa shape index (κ1) is 20.2. The van der Waals surface area contributed by atoms with Gasteiger partial charge in [-0.3, -0.25) is 9.48 Å². The lowest BCUT2D eigenvalue weighted by Crippen LogP contribution is -2.13. The van der Waals surface area contributed by atoms with Crippen molar-refractivity contribution in [3.8, 4) is 28.1 Å². The van der Waals surface area contributed by atoms with Crippen molar-refractivity contribution in [2.24, 2.45) is 12.8 Å². The largest absolute Gasteiger partial charge is 0.501 e. The van der Waals surface area contributed by atoms with Crippen molar-refractivity contribution in [2.75, 3.05) is 0 Å². The van der Waals surface area contributed by atoms with E-state index in [4.69, 9.17) is 28.6 Å². The highest BCUT2D eigenvalue weighted by Gasteiger charge is 2.28. The van der Waals surface area contributed by atoms with Crippen LogP contribution in [0.5, 0.6) is 5.75 Å². The van der Waals surface area contributed by atoms with Gasteiger partial charge in [-0.1, -0.05) is 17.7 Å². The minimum absolute atomic E-state index is 0.149. The standard InChI is InChI=1S/C23H19ClN6O2/c1-26-21-19(32-13-4-5-13)8-7-17(24)20(21)22-16(11-27-30(22)2)12-3-6-14-15(9-12)18(10-25)28-29-23(14)31/h3,6-9,11,13H,4-5,10,25H2,2H3,(H,29,31). The molecule has 0 spiro atoms. The molecular weight excluding hydrogens is 428 g/mol. The molecule has 160 valence electrons. The maximum absolute atomic E-state index is 12.2. The van der Waals surface area contributed by atoms with Crippen LogP contribution in [0, 0.1) is 6.57 Å². The number of halogens is 1. The van der Waals surface area contributed by atoms with Gasteiger partial charge in [-0.15, -0.1) is 0 Å². The van der Waals surface area contributed by atoms with Crippen LogP contribution in [-0.4, -0.2) is 26.1 Å².